The zero-order valence-electron chi connectivity index (χ0n) is 40.8. The van der Waals surface area contributed by atoms with Crippen molar-refractivity contribution in [3.8, 4) is 0 Å². The molecule has 5 amide bonds. The first-order valence-electron chi connectivity index (χ1n) is 24.4. The van der Waals surface area contributed by atoms with E-state index in [1.165, 1.54) is 57.8 Å². The number of rotatable bonds is 48. The van der Waals surface area contributed by atoms with Gasteiger partial charge in [-0.25, -0.2) is 0 Å². The van der Waals surface area contributed by atoms with Crippen LogP contribution in [0.25, 0.3) is 0 Å². The number of hydrogen-bond acceptors (Lipinski definition) is 13. The third kappa shape index (κ3) is 42.9. The average Bonchev–Trinajstić information content (AvgIpc) is 3.28. The Balaban J connectivity index is 3.62. The molecule has 0 aromatic carbocycles. The van der Waals surface area contributed by atoms with Gasteiger partial charge in [0.05, 0.1) is 59.5 Å². The lowest BCUT2D eigenvalue weighted by atomic mass is 10.0. The Bertz CT molecular complexity index is 1290. The molecule has 0 rings (SSSR count). The second-order valence-electron chi connectivity index (χ2n) is 16.7. The molecule has 19 nitrogen and oxygen atoms in total. The minimum atomic E-state index is -0.806. The molecular formula is C47H87N5O14. The topological polar surface area (TPSA) is 255 Å². The molecule has 0 aliphatic rings. The molecule has 6 N–H and O–H groups in total. The van der Waals surface area contributed by atoms with E-state index in [-0.39, 0.29) is 114 Å². The first-order chi connectivity index (χ1) is 31.8. The van der Waals surface area contributed by atoms with Crippen molar-refractivity contribution >= 4 is 41.3 Å². The molecule has 0 fully saturated rings. The van der Waals surface area contributed by atoms with E-state index in [4.69, 9.17) is 33.5 Å². The van der Waals surface area contributed by atoms with Crippen molar-refractivity contribution in [3.63, 3.8) is 0 Å². The van der Waals surface area contributed by atoms with Gasteiger partial charge >= 0.3 is 5.97 Å². The molecule has 0 bridgehead atoms. The summed E-state index contributed by atoms with van der Waals surface area (Å²) in [6.07, 6.45) is 18.9. The molecule has 0 saturated heterocycles. The molecule has 0 heterocycles. The van der Waals surface area contributed by atoms with E-state index in [0.29, 0.717) is 32.8 Å². The van der Waals surface area contributed by atoms with Crippen LogP contribution in [0.15, 0.2) is 0 Å². The van der Waals surface area contributed by atoms with Gasteiger partial charge < -0.3 is 60.1 Å². The zero-order valence-corrected chi connectivity index (χ0v) is 40.8. The Hall–Kier alpha value is -3.75. The molecule has 0 aromatic rings. The fraction of sp³-hybridized carbons (Fsp3) is 0.851. The number of nitrogens with one attached hydrogen (secondary N) is 5. The third-order valence-electron chi connectivity index (χ3n) is 10.2. The number of aliphatic carboxylic acids is 1. The number of carboxylic acid groups (broad SMARTS) is 1. The maximum atomic E-state index is 12.6. The monoisotopic (exact) mass is 946 g/mol. The number of amides is 5. The van der Waals surface area contributed by atoms with Gasteiger partial charge in [0.25, 0.3) is 0 Å². The fourth-order valence-electron chi connectivity index (χ4n) is 6.18. The molecule has 0 spiro atoms. The summed E-state index contributed by atoms with van der Waals surface area (Å²) in [4.78, 5) is 83.1. The van der Waals surface area contributed by atoms with E-state index in [1.807, 2.05) is 13.8 Å². The molecule has 0 aliphatic carbocycles. The number of hydrogen-bond donors (Lipinski definition) is 6. The van der Waals surface area contributed by atoms with Gasteiger partial charge in [0.1, 0.15) is 31.9 Å². The van der Waals surface area contributed by atoms with Crippen LogP contribution in [0, 0.1) is 5.92 Å². The van der Waals surface area contributed by atoms with E-state index in [2.05, 4.69) is 26.6 Å². The second kappa shape index (κ2) is 45.1. The molecule has 0 aromatic heterocycles. The molecule has 384 valence electrons. The predicted octanol–water partition coefficient (Wildman–Crippen LogP) is 3.78. The standard InChI is InChI=1S/C47H87N5O14/c1-38(2)41(53)35-64-32-29-61-26-23-48-43(55)36-65-33-30-62-27-24-49-44(56)37-66-34-31-63-28-25-50-46(59)39(3)52-47(60)40(4)51-42(54)21-19-17-15-13-11-9-7-5-6-8-10-12-14-16-18-20-22-45(57)58/h38-40H,5-37H2,1-4H3,(H,48,55)(H,49,56)(H,50,59)(H,51,54)(H,52,60)(H,57,58)/t39-,40-/m0/s1. The minimum Gasteiger partial charge on any atom is -0.481 e. The average molecular weight is 946 g/mol. The van der Waals surface area contributed by atoms with Gasteiger partial charge in [-0.1, -0.05) is 104 Å². The van der Waals surface area contributed by atoms with E-state index in [9.17, 15) is 33.6 Å². The van der Waals surface area contributed by atoms with Crippen LogP contribution in [-0.4, -0.2) is 157 Å². The van der Waals surface area contributed by atoms with Crippen molar-refractivity contribution < 1.29 is 67.1 Å². The van der Waals surface area contributed by atoms with Crippen LogP contribution in [0.5, 0.6) is 0 Å². The summed E-state index contributed by atoms with van der Waals surface area (Å²) in [5.41, 5.74) is 0. The quantitative estimate of drug-likeness (QED) is 0.0475. The molecule has 66 heavy (non-hydrogen) atoms. The number of ketones is 1. The SMILES string of the molecule is CC(C)C(=O)COCCOCCNC(=O)COCCOCCNC(=O)COCCOCCNC(=O)[C@H](C)NC(=O)[C@H](C)NC(=O)CCCCCCCCCCCCCCCCCCC(=O)O. The van der Waals surface area contributed by atoms with Crippen LogP contribution in [0.1, 0.15) is 143 Å². The summed E-state index contributed by atoms with van der Waals surface area (Å²) in [5.74, 6) is -2.33. The summed E-state index contributed by atoms with van der Waals surface area (Å²) < 4.78 is 31.9. The Morgan fingerprint density at radius 2 is 0.727 bits per heavy atom. The Morgan fingerprint density at radius 3 is 1.14 bits per heavy atom. The van der Waals surface area contributed by atoms with Gasteiger partial charge in [-0.3, -0.25) is 33.6 Å². The lowest BCUT2D eigenvalue weighted by molar-refractivity contribution is -0.137. The number of carbonyl (C=O) groups excluding carboxylic acids is 6. The maximum Gasteiger partial charge on any atom is 0.303 e. The highest BCUT2D eigenvalue weighted by molar-refractivity contribution is 5.91. The summed E-state index contributed by atoms with van der Waals surface area (Å²) >= 11 is 0. The summed E-state index contributed by atoms with van der Waals surface area (Å²) in [6.45, 7) is 9.65. The minimum absolute atomic E-state index is 0.0399. The lowest BCUT2D eigenvalue weighted by Crippen LogP contribution is -2.51. The third-order valence-corrected chi connectivity index (χ3v) is 10.2. The van der Waals surface area contributed by atoms with Crippen LogP contribution in [0.3, 0.4) is 0 Å². The van der Waals surface area contributed by atoms with Crippen LogP contribution in [0.2, 0.25) is 0 Å². The van der Waals surface area contributed by atoms with Crippen LogP contribution < -0.4 is 26.6 Å². The maximum absolute atomic E-state index is 12.6. The number of carbonyl (C=O) groups is 7. The highest BCUT2D eigenvalue weighted by atomic mass is 16.5. The largest absolute Gasteiger partial charge is 0.481 e. The molecular weight excluding hydrogens is 859 g/mol. The smallest absolute Gasteiger partial charge is 0.303 e. The predicted molar refractivity (Wildman–Crippen MR) is 250 cm³/mol. The molecule has 2 atom stereocenters. The highest BCUT2D eigenvalue weighted by Crippen LogP contribution is 2.14. The van der Waals surface area contributed by atoms with Gasteiger partial charge in [0.15, 0.2) is 5.78 Å². The van der Waals surface area contributed by atoms with Crippen LogP contribution in [-0.2, 0) is 62.0 Å². The number of unbranched alkanes of at least 4 members (excludes halogenated alkanes) is 15. The molecule has 0 saturated carbocycles. The fourth-order valence-corrected chi connectivity index (χ4v) is 6.18. The first kappa shape index (κ1) is 62.2. The normalized spacial score (nSPS) is 12.1. The highest BCUT2D eigenvalue weighted by Gasteiger charge is 2.21. The summed E-state index contributed by atoms with van der Waals surface area (Å²) in [6, 6.07) is -1.58. The van der Waals surface area contributed by atoms with E-state index < -0.39 is 24.0 Å². The van der Waals surface area contributed by atoms with Gasteiger partial charge in [0, 0.05) is 38.4 Å². The number of Topliss-reactive ketones (excluding diaryl/α,β-unsaturated/α-hetero) is 1. The Labute approximate surface area is 394 Å². The van der Waals surface area contributed by atoms with Crippen molar-refractivity contribution in [1.82, 2.24) is 26.6 Å². The van der Waals surface area contributed by atoms with Gasteiger partial charge in [0.2, 0.25) is 29.5 Å². The van der Waals surface area contributed by atoms with Crippen molar-refractivity contribution in [3.05, 3.63) is 0 Å². The Morgan fingerprint density at radius 1 is 0.379 bits per heavy atom. The first-order valence-corrected chi connectivity index (χ1v) is 24.4. The molecule has 0 aliphatic heterocycles. The van der Waals surface area contributed by atoms with Crippen LogP contribution in [0.4, 0.5) is 0 Å². The lowest BCUT2D eigenvalue weighted by Gasteiger charge is -2.18. The zero-order chi connectivity index (χ0) is 48.9. The van der Waals surface area contributed by atoms with Gasteiger partial charge in [-0.2, -0.15) is 0 Å². The summed E-state index contributed by atoms with van der Waals surface area (Å²) in [7, 11) is 0. The van der Waals surface area contributed by atoms with Crippen molar-refractivity contribution in [1.29, 1.82) is 0 Å². The summed E-state index contributed by atoms with van der Waals surface area (Å²) in [5, 5.41) is 22.0. The van der Waals surface area contributed by atoms with E-state index in [0.717, 1.165) is 44.9 Å². The number of carboxylic acids is 1. The molecule has 0 radical (unpaired) electrons. The van der Waals surface area contributed by atoms with Crippen molar-refractivity contribution in [2.45, 2.75) is 155 Å². The van der Waals surface area contributed by atoms with Crippen molar-refractivity contribution in [2.75, 3.05) is 98.9 Å². The number of ether oxygens (including phenoxy) is 6. The Kier molecular flexibility index (Phi) is 42.5. The second-order valence-corrected chi connectivity index (χ2v) is 16.7. The van der Waals surface area contributed by atoms with Crippen molar-refractivity contribution in [2.24, 2.45) is 5.92 Å². The van der Waals surface area contributed by atoms with Gasteiger partial charge in [-0.15, -0.1) is 0 Å². The molecule has 0 unspecified atom stereocenters. The van der Waals surface area contributed by atoms with E-state index in [1.54, 1.807) is 13.8 Å². The van der Waals surface area contributed by atoms with E-state index >= 15 is 0 Å². The van der Waals surface area contributed by atoms with Crippen LogP contribution >= 0.6 is 0 Å². The molecule has 19 heteroatoms. The van der Waals surface area contributed by atoms with Gasteiger partial charge in [-0.05, 0) is 26.7 Å².